The van der Waals surface area contributed by atoms with Crippen molar-refractivity contribution in [2.24, 2.45) is 0 Å². The van der Waals surface area contributed by atoms with Crippen LogP contribution in [0.3, 0.4) is 0 Å². The maximum atomic E-state index is 11.5. The smallest absolute Gasteiger partial charge is 0.252 e. The maximum absolute atomic E-state index is 11.5. The molecule has 0 bridgehead atoms. The number of benzene rings is 1. The summed E-state index contributed by atoms with van der Waals surface area (Å²) < 4.78 is 0. The molecule has 0 fully saturated rings. The number of anilines is 1. The fourth-order valence-corrected chi connectivity index (χ4v) is 2.26. The van der Waals surface area contributed by atoms with E-state index in [1.807, 2.05) is 37.3 Å². The summed E-state index contributed by atoms with van der Waals surface area (Å²) in [6.07, 6.45) is 2.48. The van der Waals surface area contributed by atoms with Gasteiger partial charge in [-0.2, -0.15) is 0 Å². The van der Waals surface area contributed by atoms with Crippen LogP contribution in [0.1, 0.15) is 18.3 Å². The largest absolute Gasteiger partial charge is 0.366 e. The van der Waals surface area contributed by atoms with Crippen LogP contribution >= 0.6 is 0 Å². The molecular formula is C16H16N4O. The number of hydrogen-bond donors (Lipinski definition) is 2. The van der Waals surface area contributed by atoms with Crippen molar-refractivity contribution in [3.8, 4) is 0 Å². The molecule has 2 N–H and O–H groups in total. The number of aromatic nitrogens is 3. The minimum absolute atomic E-state index is 0.139. The van der Waals surface area contributed by atoms with E-state index in [-0.39, 0.29) is 5.56 Å². The van der Waals surface area contributed by atoms with Gasteiger partial charge in [0.15, 0.2) is 0 Å². The lowest BCUT2D eigenvalue weighted by Gasteiger charge is -2.08. The third-order valence-electron chi connectivity index (χ3n) is 3.30. The molecule has 2 heterocycles. The Labute approximate surface area is 122 Å². The number of fused-ring (bicyclic) bond motifs is 1. The molecule has 0 saturated carbocycles. The van der Waals surface area contributed by atoms with Gasteiger partial charge < -0.3 is 10.3 Å². The second-order valence-electron chi connectivity index (χ2n) is 4.78. The van der Waals surface area contributed by atoms with Crippen LogP contribution in [0.15, 0.2) is 47.4 Å². The number of nitrogens with zero attached hydrogens (tertiary/aromatic N) is 2. The normalized spacial score (nSPS) is 10.7. The molecule has 0 aliphatic carbocycles. The highest BCUT2D eigenvalue weighted by molar-refractivity contribution is 5.81. The van der Waals surface area contributed by atoms with Gasteiger partial charge in [-0.25, -0.2) is 4.98 Å². The highest BCUT2D eigenvalue weighted by atomic mass is 16.1. The van der Waals surface area contributed by atoms with Crippen LogP contribution in [-0.2, 0) is 13.0 Å². The van der Waals surface area contributed by atoms with Crippen LogP contribution < -0.4 is 10.9 Å². The third-order valence-corrected chi connectivity index (χ3v) is 3.30. The fourth-order valence-electron chi connectivity index (χ4n) is 2.26. The van der Waals surface area contributed by atoms with E-state index in [4.69, 9.17) is 0 Å². The lowest BCUT2D eigenvalue weighted by atomic mass is 10.1. The van der Waals surface area contributed by atoms with Gasteiger partial charge >= 0.3 is 0 Å². The lowest BCUT2D eigenvalue weighted by molar-refractivity contribution is 0.915. The molecule has 1 aromatic carbocycles. The van der Waals surface area contributed by atoms with Gasteiger partial charge in [-0.15, -0.1) is 0 Å². The van der Waals surface area contributed by atoms with E-state index in [1.165, 1.54) is 6.07 Å². The number of nitrogens with one attached hydrogen (secondary N) is 2. The Morgan fingerprint density at radius 1 is 1.24 bits per heavy atom. The zero-order chi connectivity index (χ0) is 14.7. The number of H-pyrrole nitrogens is 1. The highest BCUT2D eigenvalue weighted by Crippen LogP contribution is 2.16. The van der Waals surface area contributed by atoms with E-state index in [2.05, 4.69) is 20.3 Å². The summed E-state index contributed by atoms with van der Waals surface area (Å²) in [5, 5.41) is 4.30. The monoisotopic (exact) mass is 280 g/mol. The van der Waals surface area contributed by atoms with Gasteiger partial charge in [-0.1, -0.05) is 31.2 Å². The van der Waals surface area contributed by atoms with Crippen LogP contribution in [0.2, 0.25) is 0 Å². The standard InChI is InChI=1S/C16H16N4O/c1-2-13-19-14(9-15(21)20-13)18-10-12-6-3-5-11-7-4-8-17-16(11)12/h3-9H,2,10H2,1H3,(H2,18,19,20,21). The van der Waals surface area contributed by atoms with Crippen molar-refractivity contribution < 1.29 is 0 Å². The Morgan fingerprint density at radius 3 is 2.95 bits per heavy atom. The Hall–Kier alpha value is -2.69. The van der Waals surface area contributed by atoms with Crippen LogP contribution in [-0.4, -0.2) is 15.0 Å². The molecule has 0 spiro atoms. The molecule has 3 rings (SSSR count). The van der Waals surface area contributed by atoms with Gasteiger partial charge in [0.25, 0.3) is 5.56 Å². The molecule has 21 heavy (non-hydrogen) atoms. The lowest BCUT2D eigenvalue weighted by Crippen LogP contribution is -2.13. The first-order valence-corrected chi connectivity index (χ1v) is 6.93. The first kappa shape index (κ1) is 13.3. The summed E-state index contributed by atoms with van der Waals surface area (Å²) in [5.74, 6) is 1.27. The molecule has 2 aromatic heterocycles. The highest BCUT2D eigenvalue weighted by Gasteiger charge is 2.03. The minimum atomic E-state index is -0.139. The zero-order valence-electron chi connectivity index (χ0n) is 11.8. The molecule has 0 radical (unpaired) electrons. The Balaban J connectivity index is 1.87. The first-order chi connectivity index (χ1) is 10.3. The summed E-state index contributed by atoms with van der Waals surface area (Å²) >= 11 is 0. The second kappa shape index (κ2) is 5.75. The van der Waals surface area contributed by atoms with E-state index in [1.54, 1.807) is 6.20 Å². The summed E-state index contributed by atoms with van der Waals surface area (Å²) in [4.78, 5) is 23.0. The molecule has 0 aliphatic heterocycles. The summed E-state index contributed by atoms with van der Waals surface area (Å²) in [7, 11) is 0. The maximum Gasteiger partial charge on any atom is 0.252 e. The SMILES string of the molecule is CCc1nc(NCc2cccc3cccnc23)cc(=O)[nH]1. The number of hydrogen-bond acceptors (Lipinski definition) is 4. The van der Waals surface area contributed by atoms with E-state index < -0.39 is 0 Å². The molecule has 0 atom stereocenters. The predicted octanol–water partition coefficient (Wildman–Crippen LogP) is 2.49. The van der Waals surface area contributed by atoms with Crippen molar-refractivity contribution in [2.75, 3.05) is 5.32 Å². The molecule has 5 nitrogen and oxygen atoms in total. The third kappa shape index (κ3) is 2.91. The zero-order valence-corrected chi connectivity index (χ0v) is 11.8. The number of aromatic amines is 1. The molecule has 0 amide bonds. The average molecular weight is 280 g/mol. The van der Waals surface area contributed by atoms with Gasteiger partial charge in [-0.3, -0.25) is 9.78 Å². The van der Waals surface area contributed by atoms with Crippen LogP contribution in [0, 0.1) is 0 Å². The van der Waals surface area contributed by atoms with Crippen molar-refractivity contribution in [3.63, 3.8) is 0 Å². The van der Waals surface area contributed by atoms with Crippen molar-refractivity contribution in [3.05, 3.63) is 64.3 Å². The first-order valence-electron chi connectivity index (χ1n) is 6.93. The molecule has 0 aliphatic rings. The van der Waals surface area contributed by atoms with E-state index in [9.17, 15) is 4.79 Å². The van der Waals surface area contributed by atoms with Gasteiger partial charge in [0.1, 0.15) is 11.6 Å². The van der Waals surface area contributed by atoms with Crippen LogP contribution in [0.4, 0.5) is 5.82 Å². The van der Waals surface area contributed by atoms with Crippen LogP contribution in [0.25, 0.3) is 10.9 Å². The van der Waals surface area contributed by atoms with Crippen LogP contribution in [0.5, 0.6) is 0 Å². The van der Waals surface area contributed by atoms with E-state index in [0.717, 1.165) is 16.5 Å². The van der Waals surface area contributed by atoms with Crippen molar-refractivity contribution in [1.29, 1.82) is 0 Å². The fraction of sp³-hybridized carbons (Fsp3) is 0.188. The van der Waals surface area contributed by atoms with Crippen molar-refractivity contribution in [1.82, 2.24) is 15.0 Å². The van der Waals surface area contributed by atoms with Gasteiger partial charge in [0.05, 0.1) is 5.52 Å². The summed E-state index contributed by atoms with van der Waals surface area (Å²) in [6.45, 7) is 2.53. The summed E-state index contributed by atoms with van der Waals surface area (Å²) in [6, 6.07) is 11.5. The molecular weight excluding hydrogens is 264 g/mol. The quantitative estimate of drug-likeness (QED) is 0.770. The molecule has 3 aromatic rings. The Morgan fingerprint density at radius 2 is 2.10 bits per heavy atom. The number of aryl methyl sites for hydroxylation is 1. The number of pyridine rings is 1. The molecule has 0 saturated heterocycles. The number of rotatable bonds is 4. The van der Waals surface area contributed by atoms with Gasteiger partial charge in [0, 0.05) is 30.6 Å². The van der Waals surface area contributed by atoms with Gasteiger partial charge in [-0.05, 0) is 11.6 Å². The Bertz CT molecular complexity index is 820. The van der Waals surface area contributed by atoms with Gasteiger partial charge in [0.2, 0.25) is 0 Å². The molecule has 5 heteroatoms. The van der Waals surface area contributed by atoms with E-state index >= 15 is 0 Å². The van der Waals surface area contributed by atoms with E-state index in [0.29, 0.717) is 24.6 Å². The molecule has 0 unspecified atom stereocenters. The second-order valence-corrected chi connectivity index (χ2v) is 4.78. The van der Waals surface area contributed by atoms with Crippen molar-refractivity contribution >= 4 is 16.7 Å². The summed E-state index contributed by atoms with van der Waals surface area (Å²) in [5.41, 5.74) is 1.90. The topological polar surface area (TPSA) is 70.7 Å². The molecule has 106 valence electrons. The number of para-hydroxylation sites is 1. The van der Waals surface area contributed by atoms with Crippen molar-refractivity contribution in [2.45, 2.75) is 19.9 Å². The predicted molar refractivity (Wildman–Crippen MR) is 83.3 cm³/mol. The average Bonchev–Trinajstić information content (AvgIpc) is 2.52. The Kier molecular flexibility index (Phi) is 3.64. The minimum Gasteiger partial charge on any atom is -0.366 e.